The summed E-state index contributed by atoms with van der Waals surface area (Å²) in [6.45, 7) is 4.62. The van der Waals surface area contributed by atoms with Crippen molar-refractivity contribution in [2.75, 3.05) is 33.1 Å². The standard InChI is InChI=1S/C15H25NO4S/c1-12(2)21(17,18)10-9-16-8-7-13-5-6-14(19-3)15(11-13)20-4/h5-6,11-12,16H,7-10H2,1-4H3. The normalized spacial score (nSPS) is 11.7. The lowest BCUT2D eigenvalue weighted by Gasteiger charge is -2.11. The predicted octanol–water partition coefficient (Wildman–Crippen LogP) is 1.66. The fraction of sp³-hybridized carbons (Fsp3) is 0.600. The molecule has 0 radical (unpaired) electrons. The Bertz CT molecular complexity index is 541. The van der Waals surface area contributed by atoms with Gasteiger partial charge in [-0.1, -0.05) is 6.07 Å². The summed E-state index contributed by atoms with van der Waals surface area (Å²) in [6.07, 6.45) is 0.808. The van der Waals surface area contributed by atoms with Crippen molar-refractivity contribution in [2.24, 2.45) is 0 Å². The number of sulfone groups is 1. The van der Waals surface area contributed by atoms with Gasteiger partial charge in [0.15, 0.2) is 21.3 Å². The summed E-state index contributed by atoms with van der Waals surface area (Å²) in [5, 5.41) is 2.85. The molecule has 1 aromatic rings. The summed E-state index contributed by atoms with van der Waals surface area (Å²) < 4.78 is 33.7. The number of benzene rings is 1. The molecule has 0 amide bonds. The van der Waals surface area contributed by atoms with E-state index in [1.807, 2.05) is 18.2 Å². The highest BCUT2D eigenvalue weighted by molar-refractivity contribution is 7.92. The minimum absolute atomic E-state index is 0.177. The molecule has 5 nitrogen and oxygen atoms in total. The zero-order chi connectivity index (χ0) is 15.9. The van der Waals surface area contributed by atoms with Crippen molar-refractivity contribution < 1.29 is 17.9 Å². The van der Waals surface area contributed by atoms with Crippen molar-refractivity contribution >= 4 is 9.84 Å². The van der Waals surface area contributed by atoms with E-state index in [9.17, 15) is 8.42 Å². The van der Waals surface area contributed by atoms with Crippen LogP contribution >= 0.6 is 0 Å². The molecule has 1 N–H and O–H groups in total. The molecule has 0 unspecified atom stereocenters. The fourth-order valence-electron chi connectivity index (χ4n) is 1.84. The van der Waals surface area contributed by atoms with E-state index in [0.717, 1.165) is 18.5 Å². The summed E-state index contributed by atoms with van der Waals surface area (Å²) >= 11 is 0. The number of rotatable bonds is 9. The van der Waals surface area contributed by atoms with E-state index in [1.165, 1.54) is 0 Å². The number of hydrogen-bond donors (Lipinski definition) is 1. The van der Waals surface area contributed by atoms with Gasteiger partial charge in [0.05, 0.1) is 25.2 Å². The van der Waals surface area contributed by atoms with Gasteiger partial charge in [-0.2, -0.15) is 0 Å². The molecule has 0 bridgehead atoms. The minimum atomic E-state index is -2.96. The van der Waals surface area contributed by atoms with Gasteiger partial charge in [-0.25, -0.2) is 8.42 Å². The zero-order valence-electron chi connectivity index (χ0n) is 13.2. The third kappa shape index (κ3) is 5.55. The molecule has 0 heterocycles. The lowest BCUT2D eigenvalue weighted by atomic mass is 10.1. The average molecular weight is 315 g/mol. The van der Waals surface area contributed by atoms with Crippen LogP contribution < -0.4 is 14.8 Å². The Morgan fingerprint density at radius 1 is 1.10 bits per heavy atom. The Morgan fingerprint density at radius 3 is 2.33 bits per heavy atom. The molecular formula is C15H25NO4S. The van der Waals surface area contributed by atoms with Gasteiger partial charge in [0, 0.05) is 6.54 Å². The van der Waals surface area contributed by atoms with E-state index in [1.54, 1.807) is 28.1 Å². The Morgan fingerprint density at radius 2 is 1.76 bits per heavy atom. The van der Waals surface area contributed by atoms with Crippen LogP contribution in [0.3, 0.4) is 0 Å². The van der Waals surface area contributed by atoms with Crippen molar-refractivity contribution in [1.29, 1.82) is 0 Å². The van der Waals surface area contributed by atoms with E-state index in [-0.39, 0.29) is 11.0 Å². The van der Waals surface area contributed by atoms with E-state index in [0.29, 0.717) is 18.0 Å². The van der Waals surface area contributed by atoms with Crippen molar-refractivity contribution in [1.82, 2.24) is 5.32 Å². The van der Waals surface area contributed by atoms with Gasteiger partial charge in [0.1, 0.15) is 0 Å². The Kier molecular flexibility index (Phi) is 6.98. The van der Waals surface area contributed by atoms with Crippen LogP contribution in [0.25, 0.3) is 0 Å². The second kappa shape index (κ2) is 8.24. The number of ether oxygens (including phenoxy) is 2. The van der Waals surface area contributed by atoms with Crippen LogP contribution in [0.1, 0.15) is 19.4 Å². The van der Waals surface area contributed by atoms with Gasteiger partial charge in [0.25, 0.3) is 0 Å². The van der Waals surface area contributed by atoms with Gasteiger partial charge in [-0.3, -0.25) is 0 Å². The summed E-state index contributed by atoms with van der Waals surface area (Å²) in [5.41, 5.74) is 1.12. The maximum absolute atomic E-state index is 11.6. The summed E-state index contributed by atoms with van der Waals surface area (Å²) in [7, 11) is 0.251. The van der Waals surface area contributed by atoms with E-state index < -0.39 is 9.84 Å². The molecular weight excluding hydrogens is 290 g/mol. The van der Waals surface area contributed by atoms with E-state index in [4.69, 9.17) is 9.47 Å². The maximum Gasteiger partial charge on any atom is 0.160 e. The van der Waals surface area contributed by atoms with Crippen LogP contribution in [-0.2, 0) is 16.3 Å². The van der Waals surface area contributed by atoms with Crippen molar-refractivity contribution in [3.63, 3.8) is 0 Å². The first-order valence-electron chi connectivity index (χ1n) is 7.04. The number of hydrogen-bond acceptors (Lipinski definition) is 5. The van der Waals surface area contributed by atoms with Crippen LogP contribution in [0.4, 0.5) is 0 Å². The van der Waals surface area contributed by atoms with Crippen LogP contribution in [-0.4, -0.2) is 46.7 Å². The Hall–Kier alpha value is -1.27. The summed E-state index contributed by atoms with van der Waals surface area (Å²) in [6, 6.07) is 5.79. The SMILES string of the molecule is COc1ccc(CCNCCS(=O)(=O)C(C)C)cc1OC. The molecule has 0 fully saturated rings. The Balaban J connectivity index is 2.40. The largest absolute Gasteiger partial charge is 0.493 e. The molecule has 21 heavy (non-hydrogen) atoms. The topological polar surface area (TPSA) is 64.6 Å². The second-order valence-electron chi connectivity index (χ2n) is 5.11. The smallest absolute Gasteiger partial charge is 0.160 e. The van der Waals surface area contributed by atoms with Gasteiger partial charge in [0.2, 0.25) is 0 Å². The summed E-state index contributed by atoms with van der Waals surface area (Å²) in [4.78, 5) is 0. The molecule has 0 saturated carbocycles. The third-order valence-corrected chi connectivity index (χ3v) is 5.53. The van der Waals surface area contributed by atoms with Gasteiger partial charge < -0.3 is 14.8 Å². The highest BCUT2D eigenvalue weighted by Crippen LogP contribution is 2.27. The first kappa shape index (κ1) is 17.8. The first-order valence-corrected chi connectivity index (χ1v) is 8.75. The Labute approximate surface area is 127 Å². The molecule has 120 valence electrons. The van der Waals surface area contributed by atoms with Crippen molar-refractivity contribution in [3.8, 4) is 11.5 Å². The fourth-order valence-corrected chi connectivity index (χ4v) is 2.74. The molecule has 0 aliphatic carbocycles. The molecule has 0 aliphatic heterocycles. The predicted molar refractivity (Wildman–Crippen MR) is 85.0 cm³/mol. The van der Waals surface area contributed by atoms with E-state index in [2.05, 4.69) is 5.32 Å². The quantitative estimate of drug-likeness (QED) is 0.702. The molecule has 6 heteroatoms. The molecule has 0 atom stereocenters. The summed E-state index contributed by atoms with van der Waals surface area (Å²) in [5.74, 6) is 1.59. The molecule has 0 spiro atoms. The lowest BCUT2D eigenvalue weighted by molar-refractivity contribution is 0.354. The lowest BCUT2D eigenvalue weighted by Crippen LogP contribution is -2.28. The first-order chi connectivity index (χ1) is 9.90. The van der Waals surface area contributed by atoms with Crippen LogP contribution in [0, 0.1) is 0 Å². The maximum atomic E-state index is 11.6. The monoisotopic (exact) mass is 315 g/mol. The minimum Gasteiger partial charge on any atom is -0.493 e. The van der Waals surface area contributed by atoms with Crippen LogP contribution in [0.5, 0.6) is 11.5 Å². The van der Waals surface area contributed by atoms with Gasteiger partial charge >= 0.3 is 0 Å². The zero-order valence-corrected chi connectivity index (χ0v) is 14.0. The highest BCUT2D eigenvalue weighted by atomic mass is 32.2. The van der Waals surface area contributed by atoms with Crippen molar-refractivity contribution in [2.45, 2.75) is 25.5 Å². The van der Waals surface area contributed by atoms with Crippen molar-refractivity contribution in [3.05, 3.63) is 23.8 Å². The third-order valence-electron chi connectivity index (χ3n) is 3.32. The molecule has 1 aromatic carbocycles. The van der Waals surface area contributed by atoms with Crippen LogP contribution in [0.2, 0.25) is 0 Å². The van der Waals surface area contributed by atoms with E-state index >= 15 is 0 Å². The number of nitrogens with one attached hydrogen (secondary N) is 1. The highest BCUT2D eigenvalue weighted by Gasteiger charge is 2.14. The van der Waals surface area contributed by atoms with Gasteiger partial charge in [-0.05, 0) is 44.5 Å². The molecule has 0 aromatic heterocycles. The molecule has 0 saturated heterocycles. The number of methoxy groups -OCH3 is 2. The van der Waals surface area contributed by atoms with Crippen LogP contribution in [0.15, 0.2) is 18.2 Å². The second-order valence-corrected chi connectivity index (χ2v) is 7.78. The van der Waals surface area contributed by atoms with Gasteiger partial charge in [-0.15, -0.1) is 0 Å². The average Bonchev–Trinajstić information content (AvgIpc) is 2.46. The molecule has 0 aliphatic rings. The molecule has 1 rings (SSSR count).